The number of allylic oxidation sites excluding steroid dienone is 3. The Bertz CT molecular complexity index is 706. The zero-order chi connectivity index (χ0) is 15.5. The van der Waals surface area contributed by atoms with Crippen molar-refractivity contribution in [3.63, 3.8) is 0 Å². The van der Waals surface area contributed by atoms with Crippen LogP contribution in [0.2, 0.25) is 0 Å². The minimum atomic E-state index is 0.760. The smallest absolute Gasteiger partial charge is 0.00669 e. The van der Waals surface area contributed by atoms with Gasteiger partial charge in [0.15, 0.2) is 0 Å². The van der Waals surface area contributed by atoms with Crippen molar-refractivity contribution in [2.24, 2.45) is 11.8 Å². The molecule has 0 amide bonds. The zero-order valence-corrected chi connectivity index (χ0v) is 13.6. The standard InChI is InChI=1S/C23H24/c1-3-7-18(8-4-1)11-20-13-22-15-21(16-23(14-20)17-22)12-19-9-5-2-6-10-19/h1-11,15,22-23H,12-14,16-17H2/b20-11+/t22-,23+/m1/s1. The molecule has 2 aromatic rings. The van der Waals surface area contributed by atoms with E-state index in [0.29, 0.717) is 0 Å². The van der Waals surface area contributed by atoms with Crippen LogP contribution in [-0.2, 0) is 6.42 Å². The van der Waals surface area contributed by atoms with Gasteiger partial charge < -0.3 is 0 Å². The molecule has 2 aliphatic carbocycles. The van der Waals surface area contributed by atoms with Gasteiger partial charge in [-0.05, 0) is 55.1 Å². The molecule has 0 heteroatoms. The van der Waals surface area contributed by atoms with E-state index in [9.17, 15) is 0 Å². The quantitative estimate of drug-likeness (QED) is 0.604. The fourth-order valence-electron chi connectivity index (χ4n) is 4.33. The Morgan fingerprint density at radius 2 is 1.57 bits per heavy atom. The summed E-state index contributed by atoms with van der Waals surface area (Å²) in [6.07, 6.45) is 11.4. The van der Waals surface area contributed by atoms with Crippen LogP contribution < -0.4 is 0 Å². The van der Waals surface area contributed by atoms with Crippen LogP contribution in [0, 0.1) is 11.8 Å². The van der Waals surface area contributed by atoms with Crippen LogP contribution in [0.1, 0.15) is 36.8 Å². The van der Waals surface area contributed by atoms with Gasteiger partial charge in [0.25, 0.3) is 0 Å². The molecule has 0 nitrogen and oxygen atoms in total. The van der Waals surface area contributed by atoms with Crippen molar-refractivity contribution in [3.05, 3.63) is 89.0 Å². The molecule has 4 rings (SSSR count). The fourth-order valence-corrected chi connectivity index (χ4v) is 4.33. The molecule has 0 spiro atoms. The highest BCUT2D eigenvalue weighted by Gasteiger charge is 2.28. The number of benzene rings is 2. The Kier molecular flexibility index (Phi) is 4.15. The second-order valence-electron chi connectivity index (χ2n) is 7.17. The minimum absolute atomic E-state index is 0.760. The maximum Gasteiger partial charge on any atom is -0.00669 e. The summed E-state index contributed by atoms with van der Waals surface area (Å²) in [7, 11) is 0. The molecule has 2 bridgehead atoms. The highest BCUT2D eigenvalue weighted by molar-refractivity contribution is 5.53. The van der Waals surface area contributed by atoms with Crippen LogP contribution in [0.3, 0.4) is 0 Å². The average Bonchev–Trinajstić information content (AvgIpc) is 2.56. The summed E-state index contributed by atoms with van der Waals surface area (Å²) in [5.74, 6) is 1.61. The Hall–Kier alpha value is -2.08. The molecule has 116 valence electrons. The normalized spacial score (nSPS) is 25.2. The van der Waals surface area contributed by atoms with Gasteiger partial charge in [-0.2, -0.15) is 0 Å². The lowest BCUT2D eigenvalue weighted by Gasteiger charge is -2.35. The van der Waals surface area contributed by atoms with Gasteiger partial charge in [-0.15, -0.1) is 0 Å². The summed E-state index contributed by atoms with van der Waals surface area (Å²) < 4.78 is 0. The van der Waals surface area contributed by atoms with Crippen LogP contribution >= 0.6 is 0 Å². The molecular weight excluding hydrogens is 276 g/mol. The van der Waals surface area contributed by atoms with E-state index in [4.69, 9.17) is 0 Å². The van der Waals surface area contributed by atoms with Crippen LogP contribution in [0.5, 0.6) is 0 Å². The minimum Gasteiger partial charge on any atom is -0.0815 e. The van der Waals surface area contributed by atoms with Crippen molar-refractivity contribution in [1.29, 1.82) is 0 Å². The number of hydrogen-bond acceptors (Lipinski definition) is 0. The Morgan fingerprint density at radius 3 is 2.30 bits per heavy atom. The van der Waals surface area contributed by atoms with Gasteiger partial charge in [-0.3, -0.25) is 0 Å². The van der Waals surface area contributed by atoms with E-state index < -0.39 is 0 Å². The first kappa shape index (κ1) is 14.5. The van der Waals surface area contributed by atoms with E-state index in [2.05, 4.69) is 72.8 Å². The molecule has 0 radical (unpaired) electrons. The van der Waals surface area contributed by atoms with Gasteiger partial charge in [0.2, 0.25) is 0 Å². The van der Waals surface area contributed by atoms with Crippen LogP contribution in [0.15, 0.2) is 77.9 Å². The first-order valence-electron chi connectivity index (χ1n) is 8.83. The molecule has 2 aromatic carbocycles. The van der Waals surface area contributed by atoms with Crippen molar-refractivity contribution >= 4 is 6.08 Å². The third-order valence-electron chi connectivity index (χ3n) is 5.18. The van der Waals surface area contributed by atoms with Crippen molar-refractivity contribution in [3.8, 4) is 0 Å². The van der Waals surface area contributed by atoms with E-state index in [-0.39, 0.29) is 0 Å². The third kappa shape index (κ3) is 3.64. The summed E-state index contributed by atoms with van der Waals surface area (Å²) in [4.78, 5) is 0. The van der Waals surface area contributed by atoms with Crippen molar-refractivity contribution in [2.75, 3.05) is 0 Å². The molecular formula is C23H24. The fraction of sp³-hybridized carbons (Fsp3) is 0.304. The lowest BCUT2D eigenvalue weighted by atomic mass is 9.70. The number of hydrogen-bond donors (Lipinski definition) is 0. The first-order valence-corrected chi connectivity index (χ1v) is 8.83. The lowest BCUT2D eigenvalue weighted by Crippen LogP contribution is -2.21. The highest BCUT2D eigenvalue weighted by Crippen LogP contribution is 2.42. The number of rotatable bonds is 3. The zero-order valence-electron chi connectivity index (χ0n) is 13.6. The maximum atomic E-state index is 2.58. The van der Waals surface area contributed by atoms with Gasteiger partial charge in [-0.1, -0.05) is 84.0 Å². The molecule has 1 fully saturated rings. The van der Waals surface area contributed by atoms with E-state index in [0.717, 1.165) is 18.3 Å². The van der Waals surface area contributed by atoms with E-state index in [1.54, 1.807) is 11.1 Å². The summed E-state index contributed by atoms with van der Waals surface area (Å²) in [5.41, 5.74) is 6.12. The summed E-state index contributed by atoms with van der Waals surface area (Å²) in [6.45, 7) is 0. The molecule has 0 N–H and O–H groups in total. The second-order valence-corrected chi connectivity index (χ2v) is 7.17. The van der Waals surface area contributed by atoms with Gasteiger partial charge in [0.1, 0.15) is 0 Å². The van der Waals surface area contributed by atoms with Gasteiger partial charge in [0.05, 0.1) is 0 Å². The summed E-state index contributed by atoms with van der Waals surface area (Å²) in [6, 6.07) is 21.7. The Morgan fingerprint density at radius 1 is 0.826 bits per heavy atom. The predicted molar refractivity (Wildman–Crippen MR) is 98.1 cm³/mol. The van der Waals surface area contributed by atoms with Crippen LogP contribution in [0.25, 0.3) is 6.08 Å². The largest absolute Gasteiger partial charge is 0.0815 e. The molecule has 2 aliphatic rings. The molecule has 0 unspecified atom stereocenters. The molecule has 0 aromatic heterocycles. The van der Waals surface area contributed by atoms with Crippen LogP contribution in [-0.4, -0.2) is 0 Å². The topological polar surface area (TPSA) is 0 Å². The Balaban J connectivity index is 1.48. The average molecular weight is 300 g/mol. The lowest BCUT2D eigenvalue weighted by molar-refractivity contribution is 0.335. The second kappa shape index (κ2) is 6.58. The molecule has 23 heavy (non-hydrogen) atoms. The Labute approximate surface area is 139 Å². The van der Waals surface area contributed by atoms with Crippen molar-refractivity contribution in [1.82, 2.24) is 0 Å². The van der Waals surface area contributed by atoms with Crippen LogP contribution in [0.4, 0.5) is 0 Å². The maximum absolute atomic E-state index is 2.58. The van der Waals surface area contributed by atoms with Gasteiger partial charge in [0, 0.05) is 0 Å². The number of fused-ring (bicyclic) bond motifs is 2. The van der Waals surface area contributed by atoms with Crippen molar-refractivity contribution < 1.29 is 0 Å². The molecule has 0 saturated heterocycles. The summed E-state index contributed by atoms with van der Waals surface area (Å²) in [5, 5.41) is 0. The third-order valence-corrected chi connectivity index (χ3v) is 5.18. The van der Waals surface area contributed by atoms with E-state index in [1.807, 2.05) is 0 Å². The highest BCUT2D eigenvalue weighted by atomic mass is 14.3. The molecule has 0 heterocycles. The monoisotopic (exact) mass is 300 g/mol. The summed E-state index contributed by atoms with van der Waals surface area (Å²) >= 11 is 0. The molecule has 2 atom stereocenters. The molecule has 0 aliphatic heterocycles. The van der Waals surface area contributed by atoms with Crippen molar-refractivity contribution in [2.45, 2.75) is 32.1 Å². The SMILES string of the molecule is C1=C(Cc2ccccc2)C[C@@H]2C/C(=C/c3ccccc3)C[C@H]1C2. The predicted octanol–water partition coefficient (Wildman–Crippen LogP) is 6.06. The van der Waals surface area contributed by atoms with Gasteiger partial charge in [-0.25, -0.2) is 0 Å². The molecule has 1 saturated carbocycles. The van der Waals surface area contributed by atoms with E-state index in [1.165, 1.54) is 36.8 Å². The van der Waals surface area contributed by atoms with E-state index >= 15 is 0 Å². The van der Waals surface area contributed by atoms with Gasteiger partial charge >= 0.3 is 0 Å². The first-order chi connectivity index (χ1) is 11.3.